The normalized spacial score (nSPS) is 18.3. The van der Waals surface area contributed by atoms with E-state index in [0.717, 1.165) is 31.7 Å². The van der Waals surface area contributed by atoms with Crippen molar-refractivity contribution < 1.29 is 22.7 Å². The molecule has 3 heterocycles. The third kappa shape index (κ3) is 5.79. The molecular weight excluding hydrogens is 472 g/mol. The number of rotatable bonds is 8. The molecule has 2 aliphatic rings. The summed E-state index contributed by atoms with van der Waals surface area (Å²) in [5, 5.41) is 2.24. The van der Waals surface area contributed by atoms with Crippen molar-refractivity contribution in [2.45, 2.75) is 61.1 Å². The van der Waals surface area contributed by atoms with E-state index in [4.69, 9.17) is 10.5 Å². The van der Waals surface area contributed by atoms with E-state index in [0.29, 0.717) is 32.5 Å². The van der Waals surface area contributed by atoms with Crippen molar-refractivity contribution in [1.29, 1.82) is 0 Å². The van der Waals surface area contributed by atoms with Crippen LogP contribution < -0.4 is 16.6 Å². The number of amides is 2. The van der Waals surface area contributed by atoms with Crippen LogP contribution in [0.15, 0.2) is 46.3 Å². The summed E-state index contributed by atoms with van der Waals surface area (Å²) in [7, 11) is -3.59. The SMILES string of the molecule is NC(=O)c1ccc(NC(=O)[C@@H](CC2CCOCC2)n2ccc(S(=O)(=O)C3CCCC3)cc2=O)nc1. The highest BCUT2D eigenvalue weighted by Gasteiger charge is 2.32. The zero-order valence-electron chi connectivity index (χ0n) is 19.4. The van der Waals surface area contributed by atoms with E-state index in [1.807, 2.05) is 0 Å². The monoisotopic (exact) mass is 502 g/mol. The molecule has 0 aromatic carbocycles. The smallest absolute Gasteiger partial charge is 0.252 e. The van der Waals surface area contributed by atoms with Gasteiger partial charge in [-0.25, -0.2) is 13.4 Å². The molecule has 1 atom stereocenters. The van der Waals surface area contributed by atoms with E-state index in [1.165, 1.54) is 35.2 Å². The molecule has 1 aliphatic heterocycles. The van der Waals surface area contributed by atoms with Crippen molar-refractivity contribution in [2.24, 2.45) is 11.7 Å². The number of sulfone groups is 1. The number of nitrogens with zero attached hydrogens (tertiary/aromatic N) is 2. The molecule has 1 aliphatic carbocycles. The van der Waals surface area contributed by atoms with E-state index >= 15 is 0 Å². The second kappa shape index (κ2) is 10.7. The fourth-order valence-electron chi connectivity index (χ4n) is 4.76. The quantitative estimate of drug-likeness (QED) is 0.561. The Morgan fingerprint density at radius 2 is 1.86 bits per heavy atom. The maximum absolute atomic E-state index is 13.3. The highest BCUT2D eigenvalue weighted by atomic mass is 32.2. The summed E-state index contributed by atoms with van der Waals surface area (Å²) in [5.41, 5.74) is 4.89. The number of primary amides is 1. The summed E-state index contributed by atoms with van der Waals surface area (Å²) in [6.07, 6.45) is 7.51. The largest absolute Gasteiger partial charge is 0.381 e. The summed E-state index contributed by atoms with van der Waals surface area (Å²) >= 11 is 0. The molecule has 2 amide bonds. The van der Waals surface area contributed by atoms with Crippen molar-refractivity contribution in [2.75, 3.05) is 18.5 Å². The number of ether oxygens (including phenoxy) is 1. The molecule has 10 nitrogen and oxygen atoms in total. The van der Waals surface area contributed by atoms with Crippen molar-refractivity contribution in [3.05, 3.63) is 52.6 Å². The molecule has 1 saturated carbocycles. The van der Waals surface area contributed by atoms with Crippen molar-refractivity contribution in [3.63, 3.8) is 0 Å². The first kappa shape index (κ1) is 25.1. The van der Waals surface area contributed by atoms with Crippen LogP contribution in [-0.4, -0.2) is 48.2 Å². The number of hydrogen-bond acceptors (Lipinski definition) is 7. The van der Waals surface area contributed by atoms with Crippen LogP contribution in [0.1, 0.15) is 61.3 Å². The fourth-order valence-corrected chi connectivity index (χ4v) is 6.62. The van der Waals surface area contributed by atoms with Crippen LogP contribution in [0.25, 0.3) is 0 Å². The number of hydrogen-bond donors (Lipinski definition) is 2. The molecule has 3 N–H and O–H groups in total. The molecule has 35 heavy (non-hydrogen) atoms. The van der Waals surface area contributed by atoms with Gasteiger partial charge in [-0.3, -0.25) is 14.4 Å². The molecule has 188 valence electrons. The zero-order chi connectivity index (χ0) is 25.0. The van der Waals surface area contributed by atoms with Gasteiger partial charge in [-0.1, -0.05) is 12.8 Å². The number of anilines is 1. The highest BCUT2D eigenvalue weighted by Crippen LogP contribution is 2.30. The number of aromatic nitrogens is 2. The van der Waals surface area contributed by atoms with E-state index in [-0.39, 0.29) is 22.2 Å². The third-order valence-corrected chi connectivity index (χ3v) is 9.08. The number of carbonyl (C=O) groups excluding carboxylic acids is 2. The number of pyridine rings is 2. The molecule has 2 aromatic rings. The van der Waals surface area contributed by atoms with Crippen molar-refractivity contribution in [3.8, 4) is 0 Å². The van der Waals surface area contributed by atoms with Crippen molar-refractivity contribution in [1.82, 2.24) is 9.55 Å². The van der Waals surface area contributed by atoms with Gasteiger partial charge in [0.25, 0.3) is 5.56 Å². The van der Waals surface area contributed by atoms with E-state index in [2.05, 4.69) is 10.3 Å². The van der Waals surface area contributed by atoms with E-state index < -0.39 is 38.5 Å². The molecule has 11 heteroatoms. The molecule has 1 saturated heterocycles. The summed E-state index contributed by atoms with van der Waals surface area (Å²) in [4.78, 5) is 41.7. The number of carbonyl (C=O) groups is 2. The average molecular weight is 503 g/mol. The molecule has 4 rings (SSSR count). The zero-order valence-corrected chi connectivity index (χ0v) is 20.2. The second-order valence-electron chi connectivity index (χ2n) is 9.15. The predicted octanol–water partition coefficient (Wildman–Crippen LogP) is 2.05. The Bertz CT molecular complexity index is 1230. The Morgan fingerprint density at radius 1 is 1.14 bits per heavy atom. The lowest BCUT2D eigenvalue weighted by atomic mass is 9.92. The molecule has 2 fully saturated rings. The lowest BCUT2D eigenvalue weighted by molar-refractivity contribution is -0.120. The summed E-state index contributed by atoms with van der Waals surface area (Å²) in [6.45, 7) is 1.17. The first-order chi connectivity index (χ1) is 16.8. The maximum Gasteiger partial charge on any atom is 0.252 e. The minimum atomic E-state index is -3.59. The van der Waals surface area contributed by atoms with Gasteiger partial charge in [0.1, 0.15) is 11.9 Å². The first-order valence-corrected chi connectivity index (χ1v) is 13.4. The Kier molecular flexibility index (Phi) is 7.66. The lowest BCUT2D eigenvalue weighted by Gasteiger charge is -2.27. The van der Waals surface area contributed by atoms with Gasteiger partial charge in [-0.2, -0.15) is 0 Å². The van der Waals surface area contributed by atoms with Crippen LogP contribution in [0.5, 0.6) is 0 Å². The Hall–Kier alpha value is -3.05. The van der Waals surface area contributed by atoms with E-state index in [9.17, 15) is 22.8 Å². The number of nitrogens with two attached hydrogens (primary N) is 1. The van der Waals surface area contributed by atoms with Crippen LogP contribution >= 0.6 is 0 Å². The Labute approximate surface area is 203 Å². The van der Waals surface area contributed by atoms with Crippen LogP contribution in [0.2, 0.25) is 0 Å². The highest BCUT2D eigenvalue weighted by molar-refractivity contribution is 7.92. The standard InChI is InChI=1S/C24H30N4O6S/c25-23(30)17-5-6-21(26-15-17)27-24(31)20(13-16-8-11-34-12-9-16)28-10-7-19(14-22(28)29)35(32,33)18-3-1-2-4-18/h5-7,10,14-16,18,20H,1-4,8-9,11-13H2,(H2,25,30)(H,26,27,31)/t20-/m1/s1. The van der Waals surface area contributed by atoms with Crippen LogP contribution in [0, 0.1) is 5.92 Å². The van der Waals surface area contributed by atoms with Gasteiger partial charge in [0.05, 0.1) is 15.7 Å². The van der Waals surface area contributed by atoms with Gasteiger partial charge < -0.3 is 20.4 Å². The Balaban J connectivity index is 1.60. The fraction of sp³-hybridized carbons (Fsp3) is 0.500. The summed E-state index contributed by atoms with van der Waals surface area (Å²) < 4.78 is 32.6. The molecule has 2 aromatic heterocycles. The number of nitrogens with one attached hydrogen (secondary N) is 1. The van der Waals surface area contributed by atoms with Gasteiger partial charge in [-0.15, -0.1) is 0 Å². The molecule has 0 spiro atoms. The molecular formula is C24H30N4O6S. The third-order valence-electron chi connectivity index (χ3n) is 6.82. The van der Waals surface area contributed by atoms with Crippen molar-refractivity contribution >= 4 is 27.5 Å². The van der Waals surface area contributed by atoms with Crippen LogP contribution in [0.4, 0.5) is 5.82 Å². The molecule has 0 unspecified atom stereocenters. The minimum absolute atomic E-state index is 0.000387. The summed E-state index contributed by atoms with van der Waals surface area (Å²) in [5.74, 6) is -0.708. The molecule has 0 radical (unpaired) electrons. The van der Waals surface area contributed by atoms with Gasteiger partial charge in [0.2, 0.25) is 11.8 Å². The second-order valence-corrected chi connectivity index (χ2v) is 11.4. The van der Waals surface area contributed by atoms with Gasteiger partial charge >= 0.3 is 0 Å². The minimum Gasteiger partial charge on any atom is -0.381 e. The van der Waals surface area contributed by atoms with Crippen LogP contribution in [0.3, 0.4) is 0 Å². The van der Waals surface area contributed by atoms with Crippen LogP contribution in [-0.2, 0) is 19.4 Å². The summed E-state index contributed by atoms with van der Waals surface area (Å²) in [6, 6.07) is 4.58. The molecule has 0 bridgehead atoms. The predicted molar refractivity (Wildman–Crippen MR) is 129 cm³/mol. The lowest BCUT2D eigenvalue weighted by Crippen LogP contribution is -2.35. The van der Waals surface area contributed by atoms with Gasteiger partial charge in [-0.05, 0) is 56.2 Å². The average Bonchev–Trinajstić information content (AvgIpc) is 3.40. The first-order valence-electron chi connectivity index (χ1n) is 11.9. The van der Waals surface area contributed by atoms with E-state index in [1.54, 1.807) is 0 Å². The van der Waals surface area contributed by atoms with Gasteiger partial charge in [0.15, 0.2) is 9.84 Å². The topological polar surface area (TPSA) is 150 Å². The Morgan fingerprint density at radius 3 is 2.46 bits per heavy atom. The maximum atomic E-state index is 13.3. The van der Waals surface area contributed by atoms with Gasteiger partial charge in [0, 0.05) is 31.7 Å².